The predicted molar refractivity (Wildman–Crippen MR) is 88.8 cm³/mol. The van der Waals surface area contributed by atoms with E-state index in [1.165, 1.54) is 25.7 Å². The minimum absolute atomic E-state index is 0.182. The summed E-state index contributed by atoms with van der Waals surface area (Å²) in [7, 11) is 0. The number of carbonyl (C=O) groups is 1. The molecule has 1 aliphatic heterocycles. The second-order valence-electron chi connectivity index (χ2n) is 7.40. The number of fused-ring (bicyclic) bond motifs is 2. The second kappa shape index (κ2) is 5.87. The van der Waals surface area contributed by atoms with Crippen molar-refractivity contribution < 1.29 is 9.53 Å². The molecule has 5 nitrogen and oxygen atoms in total. The number of benzene rings is 1. The van der Waals surface area contributed by atoms with E-state index in [0.29, 0.717) is 23.6 Å². The van der Waals surface area contributed by atoms with Gasteiger partial charge in [0.05, 0.1) is 17.7 Å². The molecule has 126 valence electrons. The van der Waals surface area contributed by atoms with E-state index in [9.17, 15) is 4.79 Å². The monoisotopic (exact) mass is 325 g/mol. The maximum Gasteiger partial charge on any atom is 0.239 e. The van der Waals surface area contributed by atoms with Crippen LogP contribution in [-0.4, -0.2) is 24.7 Å². The van der Waals surface area contributed by atoms with Crippen molar-refractivity contribution in [3.63, 3.8) is 0 Å². The molecule has 1 amide bonds. The van der Waals surface area contributed by atoms with Gasteiger partial charge in [0.1, 0.15) is 6.04 Å². The molecule has 5 heteroatoms. The molecule has 2 aliphatic carbocycles. The predicted octanol–water partition coefficient (Wildman–Crippen LogP) is 2.02. The molecule has 1 aromatic rings. The number of amides is 1. The average molecular weight is 325 g/mol. The summed E-state index contributed by atoms with van der Waals surface area (Å²) in [6.45, 7) is 0.827. The summed E-state index contributed by atoms with van der Waals surface area (Å²) in [4.78, 5) is 12.1. The maximum atomic E-state index is 12.1. The van der Waals surface area contributed by atoms with Crippen molar-refractivity contribution in [1.82, 2.24) is 5.32 Å². The van der Waals surface area contributed by atoms with Gasteiger partial charge in [0.25, 0.3) is 0 Å². The quantitative estimate of drug-likeness (QED) is 0.886. The summed E-state index contributed by atoms with van der Waals surface area (Å²) in [5, 5.41) is 12.5. The van der Waals surface area contributed by atoms with Crippen LogP contribution in [0.3, 0.4) is 0 Å². The molecule has 3 fully saturated rings. The number of hydrogen-bond donors (Lipinski definition) is 2. The molecule has 2 saturated carbocycles. The van der Waals surface area contributed by atoms with Crippen molar-refractivity contribution in [3.05, 3.63) is 35.4 Å². The molecule has 1 saturated heterocycles. The van der Waals surface area contributed by atoms with Crippen molar-refractivity contribution in [2.24, 2.45) is 17.1 Å². The number of nitrogens with zero attached hydrogens (tertiary/aromatic N) is 1. The van der Waals surface area contributed by atoms with Gasteiger partial charge in [-0.1, -0.05) is 25.0 Å². The normalized spacial score (nSPS) is 31.2. The fraction of sp³-hybridized carbons (Fsp3) is 0.579. The van der Waals surface area contributed by atoms with E-state index in [1.54, 1.807) is 12.1 Å². The Bertz CT molecular complexity index is 673. The molecule has 0 radical (unpaired) electrons. The van der Waals surface area contributed by atoms with Gasteiger partial charge in [-0.05, 0) is 37.0 Å². The van der Waals surface area contributed by atoms with Gasteiger partial charge < -0.3 is 10.5 Å². The van der Waals surface area contributed by atoms with E-state index in [2.05, 4.69) is 11.4 Å². The highest BCUT2D eigenvalue weighted by atomic mass is 16.5. The third kappa shape index (κ3) is 2.25. The summed E-state index contributed by atoms with van der Waals surface area (Å²) in [5.74, 6) is 0.124. The van der Waals surface area contributed by atoms with Gasteiger partial charge in [-0.25, -0.2) is 0 Å². The molecule has 1 spiro atoms. The van der Waals surface area contributed by atoms with E-state index < -0.39 is 6.04 Å². The topological polar surface area (TPSA) is 88.1 Å². The third-order valence-electron chi connectivity index (χ3n) is 6.29. The Morgan fingerprint density at radius 3 is 2.67 bits per heavy atom. The minimum atomic E-state index is -0.512. The van der Waals surface area contributed by atoms with Crippen molar-refractivity contribution in [2.75, 3.05) is 6.61 Å². The van der Waals surface area contributed by atoms with Crippen LogP contribution in [0.4, 0.5) is 0 Å². The van der Waals surface area contributed by atoms with Gasteiger partial charge in [-0.15, -0.1) is 0 Å². The van der Waals surface area contributed by atoms with Crippen molar-refractivity contribution in [3.8, 4) is 6.07 Å². The summed E-state index contributed by atoms with van der Waals surface area (Å²) < 4.78 is 6.01. The molecule has 3 aliphatic rings. The number of ether oxygens (including phenoxy) is 1. The highest BCUT2D eigenvalue weighted by Crippen LogP contribution is 2.61. The van der Waals surface area contributed by atoms with Crippen LogP contribution in [0.5, 0.6) is 0 Å². The Kier molecular flexibility index (Phi) is 3.82. The standard InChI is InChI=1S/C19H23N3O2/c20-11-12-3-5-13(6-4-12)15(18(21)23)22-16-14-7-10-24-17(14)19(16)8-1-2-9-19/h3-6,14-17,22H,1-2,7-10H2,(H2,21,23)/t14-,15-,16+,17+/m0/s1. The molecule has 4 atom stereocenters. The number of rotatable bonds is 4. The minimum Gasteiger partial charge on any atom is -0.377 e. The van der Waals surface area contributed by atoms with Crippen LogP contribution in [-0.2, 0) is 9.53 Å². The van der Waals surface area contributed by atoms with Crippen LogP contribution in [0.25, 0.3) is 0 Å². The highest BCUT2D eigenvalue weighted by Gasteiger charge is 2.65. The second-order valence-corrected chi connectivity index (χ2v) is 7.40. The molecule has 0 unspecified atom stereocenters. The number of carbonyl (C=O) groups excluding carboxylic acids is 1. The van der Waals surface area contributed by atoms with Crippen LogP contribution in [0, 0.1) is 22.7 Å². The Morgan fingerprint density at radius 1 is 1.33 bits per heavy atom. The molecule has 0 aromatic heterocycles. The summed E-state index contributed by atoms with van der Waals surface area (Å²) in [6.07, 6.45) is 6.23. The first kappa shape index (κ1) is 15.6. The lowest BCUT2D eigenvalue weighted by atomic mass is 9.54. The van der Waals surface area contributed by atoms with E-state index in [4.69, 9.17) is 15.7 Å². The number of nitrogens with two attached hydrogens (primary N) is 1. The Balaban J connectivity index is 1.58. The van der Waals surface area contributed by atoms with Crippen LogP contribution >= 0.6 is 0 Å². The Hall–Kier alpha value is -1.90. The summed E-state index contributed by atoms with van der Waals surface area (Å²) in [6, 6.07) is 9.00. The van der Waals surface area contributed by atoms with Crippen LogP contribution in [0.2, 0.25) is 0 Å². The van der Waals surface area contributed by atoms with Gasteiger partial charge >= 0.3 is 0 Å². The number of primary amides is 1. The first-order valence-electron chi connectivity index (χ1n) is 8.83. The average Bonchev–Trinajstić information content (AvgIpc) is 3.24. The zero-order valence-electron chi connectivity index (χ0n) is 13.7. The smallest absolute Gasteiger partial charge is 0.239 e. The fourth-order valence-electron chi connectivity index (χ4n) is 5.22. The van der Waals surface area contributed by atoms with E-state index >= 15 is 0 Å². The maximum absolute atomic E-state index is 12.1. The van der Waals surface area contributed by atoms with Crippen LogP contribution < -0.4 is 11.1 Å². The molecule has 3 N–H and O–H groups in total. The zero-order chi connectivity index (χ0) is 16.7. The highest BCUT2D eigenvalue weighted by molar-refractivity contribution is 5.81. The van der Waals surface area contributed by atoms with Crippen molar-refractivity contribution >= 4 is 5.91 Å². The molecular weight excluding hydrogens is 302 g/mol. The number of nitrogens with one attached hydrogen (secondary N) is 1. The van der Waals surface area contributed by atoms with Gasteiger partial charge in [0, 0.05) is 24.0 Å². The molecule has 1 aromatic carbocycles. The lowest BCUT2D eigenvalue weighted by Gasteiger charge is -2.57. The van der Waals surface area contributed by atoms with Gasteiger partial charge in [-0.2, -0.15) is 5.26 Å². The summed E-state index contributed by atoms with van der Waals surface area (Å²) >= 11 is 0. The third-order valence-corrected chi connectivity index (χ3v) is 6.29. The van der Waals surface area contributed by atoms with E-state index in [0.717, 1.165) is 18.6 Å². The van der Waals surface area contributed by atoms with E-state index in [1.807, 2.05) is 12.1 Å². The lowest BCUT2D eigenvalue weighted by molar-refractivity contribution is -0.139. The first-order valence-corrected chi connectivity index (χ1v) is 8.83. The Labute approximate surface area is 142 Å². The summed E-state index contributed by atoms with van der Waals surface area (Å²) in [5.41, 5.74) is 7.29. The van der Waals surface area contributed by atoms with Crippen molar-refractivity contribution in [2.45, 2.75) is 50.3 Å². The van der Waals surface area contributed by atoms with Crippen LogP contribution in [0.1, 0.15) is 49.3 Å². The first-order chi connectivity index (χ1) is 11.7. The molecule has 0 bridgehead atoms. The lowest BCUT2D eigenvalue weighted by Crippen LogP contribution is -2.68. The van der Waals surface area contributed by atoms with E-state index in [-0.39, 0.29) is 11.3 Å². The Morgan fingerprint density at radius 2 is 2.04 bits per heavy atom. The molecule has 4 rings (SSSR count). The van der Waals surface area contributed by atoms with Crippen LogP contribution in [0.15, 0.2) is 24.3 Å². The molecule has 24 heavy (non-hydrogen) atoms. The van der Waals surface area contributed by atoms with Crippen molar-refractivity contribution in [1.29, 1.82) is 5.26 Å². The number of hydrogen-bond acceptors (Lipinski definition) is 4. The molecule has 1 heterocycles. The van der Waals surface area contributed by atoms with Gasteiger partial charge in [0.15, 0.2) is 0 Å². The molecular formula is C19H23N3O2. The van der Waals surface area contributed by atoms with Gasteiger partial charge in [-0.3, -0.25) is 10.1 Å². The number of nitriles is 1. The fourth-order valence-corrected chi connectivity index (χ4v) is 5.22. The SMILES string of the molecule is N#Cc1ccc([C@H](N[C@@H]2[C@@H]3CCO[C@H]3C23CCCC3)C(N)=O)cc1. The largest absolute Gasteiger partial charge is 0.377 e. The zero-order valence-corrected chi connectivity index (χ0v) is 13.7. The van der Waals surface area contributed by atoms with Gasteiger partial charge in [0.2, 0.25) is 5.91 Å².